The summed E-state index contributed by atoms with van der Waals surface area (Å²) in [5.74, 6) is 0.205. The predicted molar refractivity (Wildman–Crippen MR) is 201 cm³/mol. The van der Waals surface area contributed by atoms with E-state index in [0.29, 0.717) is 30.2 Å². The number of amides is 2. The van der Waals surface area contributed by atoms with Crippen LogP contribution in [0.15, 0.2) is 35.9 Å². The molecule has 4 fully saturated rings. The Morgan fingerprint density at radius 2 is 1.53 bits per heavy atom. The smallest absolute Gasteiger partial charge is 0.311 e. The summed E-state index contributed by atoms with van der Waals surface area (Å²) < 4.78 is 11.7. The molecule has 0 bridgehead atoms. The monoisotopic (exact) mass is 734 g/mol. The number of ether oxygens (including phenoxy) is 2. The molecule has 10 nitrogen and oxygen atoms in total. The first-order chi connectivity index (χ1) is 24.8. The molecule has 0 heterocycles. The maximum atomic E-state index is 14.6. The van der Waals surface area contributed by atoms with Crippen LogP contribution in [0.5, 0.6) is 5.75 Å². The van der Waals surface area contributed by atoms with Gasteiger partial charge in [-0.25, -0.2) is 5.48 Å². The lowest BCUT2D eigenvalue weighted by Crippen LogP contribution is -2.66. The van der Waals surface area contributed by atoms with E-state index >= 15 is 0 Å². The van der Waals surface area contributed by atoms with Crippen molar-refractivity contribution < 1.29 is 39.0 Å². The van der Waals surface area contributed by atoms with Gasteiger partial charge < -0.3 is 19.9 Å². The SMILES string of the molecule is CC1(C)[C@@H](O)CC[C@]2(C)[C@H]3C(=O)C=C4[C@@H]5C[C@@](C)(C(=O)OCCOc6ccc(NC(=O)CCCC(=O)NO)cc6)CC[C@]5(C)CC[C@@]4(C)[C@]3(C)CC[C@@H]12. The average Bonchev–Trinajstić information content (AvgIpc) is 3.10. The summed E-state index contributed by atoms with van der Waals surface area (Å²) in [7, 11) is 0. The molecule has 1 aromatic rings. The lowest BCUT2D eigenvalue weighted by molar-refractivity contribution is -0.202. The molecular weight excluding hydrogens is 672 g/mol. The van der Waals surface area contributed by atoms with Gasteiger partial charge in [-0.1, -0.05) is 47.1 Å². The number of esters is 1. The Kier molecular flexibility index (Phi) is 10.5. The first kappa shape index (κ1) is 39.5. The van der Waals surface area contributed by atoms with Crippen molar-refractivity contribution in [3.8, 4) is 5.75 Å². The standard InChI is InChI=1S/C43H62N2O8/c1-38(2)32-15-18-43(7)36(41(32,5)17-16-33(38)47)31(46)25-29-30-26-40(4,20-19-39(30,3)21-22-42(29,43)6)37(50)53-24-23-52-28-13-11-27(12-14-28)44-34(48)9-8-10-35(49)45-51/h11-14,25,30,32-33,36,47,51H,8-10,15-24,26H2,1-7H3,(H,44,48)(H,45,49)/t30-,32-,33-,36+,39+,40-,41-,42+,43+/m0/s1. The van der Waals surface area contributed by atoms with Crippen LogP contribution in [0.4, 0.5) is 5.69 Å². The van der Waals surface area contributed by atoms with Crippen LogP contribution >= 0.6 is 0 Å². The van der Waals surface area contributed by atoms with Gasteiger partial charge in [-0.15, -0.1) is 0 Å². The third-order valence-electron chi connectivity index (χ3n) is 15.7. The van der Waals surface area contributed by atoms with Gasteiger partial charge in [-0.3, -0.25) is 24.4 Å². The summed E-state index contributed by atoms with van der Waals surface area (Å²) in [6, 6.07) is 6.90. The van der Waals surface area contributed by atoms with Crippen LogP contribution < -0.4 is 15.5 Å². The van der Waals surface area contributed by atoms with Crippen molar-refractivity contribution in [2.75, 3.05) is 18.5 Å². The number of benzene rings is 1. The Morgan fingerprint density at radius 3 is 2.23 bits per heavy atom. The van der Waals surface area contributed by atoms with Crippen LogP contribution in [0.2, 0.25) is 0 Å². The number of fused-ring (bicyclic) bond motifs is 7. The van der Waals surface area contributed by atoms with E-state index in [9.17, 15) is 24.3 Å². The van der Waals surface area contributed by atoms with Crippen molar-refractivity contribution in [1.82, 2.24) is 5.48 Å². The lowest BCUT2D eigenvalue weighted by atomic mass is 9.33. The van der Waals surface area contributed by atoms with E-state index < -0.39 is 11.3 Å². The highest BCUT2D eigenvalue weighted by molar-refractivity contribution is 5.96. The number of aliphatic hydroxyl groups excluding tert-OH is 1. The largest absolute Gasteiger partial charge is 0.490 e. The van der Waals surface area contributed by atoms with E-state index in [1.807, 2.05) is 13.0 Å². The minimum atomic E-state index is -0.668. The van der Waals surface area contributed by atoms with Crippen molar-refractivity contribution >= 4 is 29.3 Å². The van der Waals surface area contributed by atoms with Crippen molar-refractivity contribution in [1.29, 1.82) is 0 Å². The first-order valence-electron chi connectivity index (χ1n) is 19.9. The Morgan fingerprint density at radius 1 is 0.849 bits per heavy atom. The number of carbonyl (C=O) groups is 4. The molecule has 9 atom stereocenters. The highest BCUT2D eigenvalue weighted by Gasteiger charge is 2.70. The van der Waals surface area contributed by atoms with Gasteiger partial charge >= 0.3 is 5.97 Å². The zero-order valence-corrected chi connectivity index (χ0v) is 32.9. The van der Waals surface area contributed by atoms with Gasteiger partial charge in [0.05, 0.1) is 11.5 Å². The summed E-state index contributed by atoms with van der Waals surface area (Å²) in [6.45, 7) is 16.3. The molecule has 53 heavy (non-hydrogen) atoms. The van der Waals surface area contributed by atoms with Gasteiger partial charge in [-0.05, 0) is 140 Å². The molecule has 0 aliphatic heterocycles. The van der Waals surface area contributed by atoms with Crippen LogP contribution in [0.3, 0.4) is 0 Å². The van der Waals surface area contributed by atoms with Gasteiger partial charge in [0.25, 0.3) is 0 Å². The van der Waals surface area contributed by atoms with Gasteiger partial charge in [0.15, 0.2) is 5.78 Å². The van der Waals surface area contributed by atoms with Crippen LogP contribution in [0.1, 0.15) is 126 Å². The fourth-order valence-corrected chi connectivity index (χ4v) is 12.1. The number of carbonyl (C=O) groups excluding carboxylic acids is 4. The summed E-state index contributed by atoms with van der Waals surface area (Å²) in [6.07, 6.45) is 10.3. The molecule has 0 unspecified atom stereocenters. The number of hydroxylamine groups is 1. The van der Waals surface area contributed by atoms with Gasteiger partial charge in [0.1, 0.15) is 19.0 Å². The number of nitrogens with one attached hydrogen (secondary N) is 2. The average molecular weight is 735 g/mol. The molecular formula is C43H62N2O8. The van der Waals surface area contributed by atoms with Crippen molar-refractivity contribution in [2.24, 2.45) is 50.2 Å². The molecule has 1 aromatic carbocycles. The van der Waals surface area contributed by atoms with E-state index in [4.69, 9.17) is 14.7 Å². The number of anilines is 1. The van der Waals surface area contributed by atoms with Gasteiger partial charge in [-0.2, -0.15) is 0 Å². The summed E-state index contributed by atoms with van der Waals surface area (Å²) >= 11 is 0. The Balaban J connectivity index is 1.09. The van der Waals surface area contributed by atoms with Gasteiger partial charge in [0, 0.05) is 24.4 Å². The first-order valence-corrected chi connectivity index (χ1v) is 19.9. The van der Waals surface area contributed by atoms with E-state index in [-0.39, 0.29) is 88.7 Å². The molecule has 6 rings (SSSR count). The highest BCUT2D eigenvalue weighted by atomic mass is 16.6. The second-order valence-corrected chi connectivity index (χ2v) is 19.1. The third-order valence-corrected chi connectivity index (χ3v) is 15.7. The number of ketones is 1. The quantitative estimate of drug-likeness (QED) is 0.0832. The molecule has 4 N–H and O–H groups in total. The summed E-state index contributed by atoms with van der Waals surface area (Å²) in [5, 5.41) is 22.4. The van der Waals surface area contributed by atoms with Crippen LogP contribution in [-0.4, -0.2) is 53.2 Å². The minimum absolute atomic E-state index is 0.0256. The Hall–Kier alpha value is -3.24. The second-order valence-electron chi connectivity index (χ2n) is 19.1. The van der Waals surface area contributed by atoms with Crippen molar-refractivity contribution in [2.45, 2.75) is 132 Å². The van der Waals surface area contributed by atoms with E-state index in [1.165, 1.54) is 5.57 Å². The Labute approximate surface area is 315 Å². The highest BCUT2D eigenvalue weighted by Crippen LogP contribution is 2.75. The molecule has 2 amide bonds. The van der Waals surface area contributed by atoms with Crippen LogP contribution in [-0.2, 0) is 23.9 Å². The molecule has 0 saturated heterocycles. The maximum Gasteiger partial charge on any atom is 0.311 e. The normalized spacial score (nSPS) is 38.5. The maximum absolute atomic E-state index is 14.6. The number of aliphatic hydroxyl groups is 1. The zero-order valence-electron chi connectivity index (χ0n) is 32.9. The molecule has 292 valence electrons. The number of allylic oxidation sites excluding steroid dienone is 2. The third kappa shape index (κ3) is 6.74. The van der Waals surface area contributed by atoms with E-state index in [2.05, 4.69) is 46.9 Å². The molecule has 4 saturated carbocycles. The molecule has 0 aromatic heterocycles. The molecule has 0 radical (unpaired) electrons. The van der Waals surface area contributed by atoms with Crippen LogP contribution in [0, 0.1) is 50.2 Å². The summed E-state index contributed by atoms with van der Waals surface area (Å²) in [4.78, 5) is 51.7. The molecule has 5 aliphatic rings. The van der Waals surface area contributed by atoms with Crippen molar-refractivity contribution in [3.05, 3.63) is 35.9 Å². The molecule has 10 heteroatoms. The molecule has 0 spiro atoms. The van der Waals surface area contributed by atoms with E-state index in [0.717, 1.165) is 51.4 Å². The van der Waals surface area contributed by atoms with E-state index in [1.54, 1.807) is 29.7 Å². The topological polar surface area (TPSA) is 151 Å². The zero-order chi connectivity index (χ0) is 38.6. The fourth-order valence-electron chi connectivity index (χ4n) is 12.1. The van der Waals surface area contributed by atoms with Crippen molar-refractivity contribution in [3.63, 3.8) is 0 Å². The number of hydrogen-bond acceptors (Lipinski definition) is 8. The molecule has 5 aliphatic carbocycles. The fraction of sp³-hybridized carbons (Fsp3) is 0.721. The second kappa shape index (κ2) is 14.1. The number of rotatable bonds is 10. The Bertz CT molecular complexity index is 1640. The van der Waals surface area contributed by atoms with Crippen LogP contribution in [0.25, 0.3) is 0 Å². The number of hydrogen-bond donors (Lipinski definition) is 4. The minimum Gasteiger partial charge on any atom is -0.490 e. The van der Waals surface area contributed by atoms with Gasteiger partial charge in [0.2, 0.25) is 11.8 Å². The lowest BCUT2D eigenvalue weighted by Gasteiger charge is -2.70. The summed E-state index contributed by atoms with van der Waals surface area (Å²) in [5.41, 5.74) is 2.06. The predicted octanol–water partition coefficient (Wildman–Crippen LogP) is 7.56.